The van der Waals surface area contributed by atoms with E-state index in [0.29, 0.717) is 60.2 Å². The van der Waals surface area contributed by atoms with Gasteiger partial charge in [0, 0.05) is 6.08 Å². The Morgan fingerprint density at radius 3 is 1.60 bits per heavy atom. The number of hydrogen-bond acceptors (Lipinski definition) is 9. The van der Waals surface area contributed by atoms with Crippen LogP contribution in [0.4, 0.5) is 0 Å². The maximum atomic E-state index is 12.6. The third kappa shape index (κ3) is 8.37. The molecule has 0 unspecified atom stereocenters. The monoisotopic (exact) mass is 579 g/mol. The molecule has 0 bridgehead atoms. The van der Waals surface area contributed by atoms with Crippen LogP contribution >= 0.6 is 0 Å². The lowest BCUT2D eigenvalue weighted by molar-refractivity contribution is -0.137. The van der Waals surface area contributed by atoms with Crippen molar-refractivity contribution in [3.05, 3.63) is 121 Å². The Morgan fingerprint density at radius 2 is 1.12 bits per heavy atom. The molecule has 218 valence electrons. The average molecular weight is 580 g/mol. The van der Waals surface area contributed by atoms with Crippen molar-refractivity contribution in [2.75, 3.05) is 13.2 Å². The quantitative estimate of drug-likeness (QED) is 0.0781. The number of hydrogen-bond donors (Lipinski definition) is 0. The summed E-state index contributed by atoms with van der Waals surface area (Å²) in [5, 5.41) is 8.68. The molecule has 1 aromatic heterocycles. The van der Waals surface area contributed by atoms with Crippen LogP contribution in [0, 0.1) is 0 Å². The van der Waals surface area contributed by atoms with Gasteiger partial charge in [0.15, 0.2) is 0 Å². The molecule has 0 aliphatic heterocycles. The van der Waals surface area contributed by atoms with Gasteiger partial charge in [0.25, 0.3) is 0 Å². The molecule has 10 heteroatoms. The summed E-state index contributed by atoms with van der Waals surface area (Å²) in [6.07, 6.45) is 5.67. The van der Waals surface area contributed by atoms with Crippen molar-refractivity contribution >= 4 is 30.1 Å². The number of carbonyl (C=O) groups excluding carboxylic acids is 3. The highest BCUT2D eigenvalue weighted by Gasteiger charge is 2.13. The Kier molecular flexibility index (Phi) is 10.4. The predicted molar refractivity (Wildman–Crippen MR) is 160 cm³/mol. The highest BCUT2D eigenvalue weighted by molar-refractivity contribution is 5.92. The van der Waals surface area contributed by atoms with Crippen LogP contribution in [0.3, 0.4) is 0 Å². The third-order valence-electron chi connectivity index (χ3n) is 5.94. The van der Waals surface area contributed by atoms with Crippen molar-refractivity contribution in [3.63, 3.8) is 0 Å². The average Bonchev–Trinajstić information content (AvgIpc) is 3.47. The van der Waals surface area contributed by atoms with Crippen LogP contribution in [0.5, 0.6) is 17.2 Å². The predicted octanol–water partition coefficient (Wildman–Crippen LogP) is 5.88. The third-order valence-corrected chi connectivity index (χ3v) is 5.94. The number of unbranched alkanes of at least 4 members (excludes halogenated alkanes) is 1. The summed E-state index contributed by atoms with van der Waals surface area (Å²) in [6.45, 7) is 11.5. The molecule has 4 rings (SSSR count). The molecular weight excluding hydrogens is 550 g/mol. The molecule has 0 aliphatic carbocycles. The second-order valence-electron chi connectivity index (χ2n) is 8.92. The van der Waals surface area contributed by atoms with Gasteiger partial charge in [-0.3, -0.25) is 0 Å². The summed E-state index contributed by atoms with van der Waals surface area (Å²) in [5.74, 6) is -0.370. The molecule has 3 aromatic carbocycles. The standard InChI is InChI=1S/C33H29N3O7/c1-4-29-30(5-2)35-36(34-29)25-13-19-28(20-14-25)43-33(39)24-11-17-27(18-12-24)42-32(38)23-9-15-26(16-10-23)40-21-7-8-22-41-31(37)6-3/h4-6,9-20H,1-3,7-8,21-22H2. The SMILES string of the molecule is C=CC(=O)OCCCCOc1ccc(C(=O)Oc2ccc(C(=O)Oc3ccc(-n4nc(C=C)c(C=C)n4)cc3)cc2)cc1. The molecular formula is C33H29N3O7. The summed E-state index contributed by atoms with van der Waals surface area (Å²) in [6, 6.07) is 19.3. The van der Waals surface area contributed by atoms with Gasteiger partial charge >= 0.3 is 17.9 Å². The fourth-order valence-electron chi connectivity index (χ4n) is 3.69. The van der Waals surface area contributed by atoms with E-state index in [0.717, 1.165) is 6.08 Å². The summed E-state index contributed by atoms with van der Waals surface area (Å²) < 4.78 is 21.4. The zero-order valence-electron chi connectivity index (χ0n) is 23.3. The van der Waals surface area contributed by atoms with Gasteiger partial charge < -0.3 is 18.9 Å². The molecule has 4 aromatic rings. The molecule has 43 heavy (non-hydrogen) atoms. The first-order valence-electron chi connectivity index (χ1n) is 13.3. The zero-order chi connectivity index (χ0) is 30.6. The van der Waals surface area contributed by atoms with Gasteiger partial charge in [-0.25, -0.2) is 14.4 Å². The van der Waals surface area contributed by atoms with Crippen molar-refractivity contribution in [1.29, 1.82) is 0 Å². The molecule has 0 N–H and O–H groups in total. The van der Waals surface area contributed by atoms with Gasteiger partial charge in [-0.1, -0.05) is 19.7 Å². The molecule has 0 saturated carbocycles. The first kappa shape index (κ1) is 30.2. The van der Waals surface area contributed by atoms with Gasteiger partial charge in [0.2, 0.25) is 0 Å². The molecule has 0 aliphatic rings. The zero-order valence-corrected chi connectivity index (χ0v) is 23.3. The topological polar surface area (TPSA) is 119 Å². The van der Waals surface area contributed by atoms with Crippen LogP contribution in [-0.2, 0) is 9.53 Å². The van der Waals surface area contributed by atoms with Gasteiger partial charge in [0.1, 0.15) is 28.6 Å². The van der Waals surface area contributed by atoms with Crippen molar-refractivity contribution in [1.82, 2.24) is 15.0 Å². The molecule has 0 saturated heterocycles. The largest absolute Gasteiger partial charge is 0.494 e. The minimum atomic E-state index is -0.570. The smallest absolute Gasteiger partial charge is 0.343 e. The van der Waals surface area contributed by atoms with Crippen LogP contribution in [0.25, 0.3) is 17.8 Å². The first-order valence-corrected chi connectivity index (χ1v) is 13.3. The Morgan fingerprint density at radius 1 is 0.651 bits per heavy atom. The van der Waals surface area contributed by atoms with E-state index in [1.54, 1.807) is 60.7 Å². The maximum absolute atomic E-state index is 12.6. The van der Waals surface area contributed by atoms with Crippen LogP contribution in [-0.4, -0.2) is 46.1 Å². The van der Waals surface area contributed by atoms with Crippen molar-refractivity contribution in [2.45, 2.75) is 12.8 Å². The Balaban J connectivity index is 1.24. The number of esters is 3. The fourth-order valence-corrected chi connectivity index (χ4v) is 3.69. The first-order chi connectivity index (χ1) is 20.9. The number of aromatic nitrogens is 3. The lowest BCUT2D eigenvalue weighted by Crippen LogP contribution is -2.10. The molecule has 0 atom stereocenters. The Labute approximate surface area is 248 Å². The van der Waals surface area contributed by atoms with Crippen LogP contribution in [0.15, 0.2) is 98.6 Å². The van der Waals surface area contributed by atoms with E-state index in [2.05, 4.69) is 29.9 Å². The van der Waals surface area contributed by atoms with Gasteiger partial charge in [-0.2, -0.15) is 4.80 Å². The van der Waals surface area contributed by atoms with E-state index in [1.807, 2.05) is 0 Å². The molecule has 1 heterocycles. The van der Waals surface area contributed by atoms with E-state index in [-0.39, 0.29) is 11.3 Å². The van der Waals surface area contributed by atoms with Crippen LogP contribution in [0.1, 0.15) is 44.9 Å². The minimum Gasteiger partial charge on any atom is -0.494 e. The second kappa shape index (κ2) is 14.7. The number of carbonyl (C=O) groups is 3. The lowest BCUT2D eigenvalue weighted by Gasteiger charge is -2.08. The minimum absolute atomic E-state index is 0.271. The Bertz CT molecular complexity index is 1580. The maximum Gasteiger partial charge on any atom is 0.343 e. The van der Waals surface area contributed by atoms with E-state index in [4.69, 9.17) is 18.9 Å². The number of ether oxygens (including phenoxy) is 4. The van der Waals surface area contributed by atoms with Gasteiger partial charge in [0.05, 0.1) is 30.0 Å². The van der Waals surface area contributed by atoms with Crippen molar-refractivity contribution < 1.29 is 33.3 Å². The summed E-state index contributed by atoms with van der Waals surface area (Å²) in [4.78, 5) is 37.6. The molecule has 10 nitrogen and oxygen atoms in total. The van der Waals surface area contributed by atoms with Gasteiger partial charge in [-0.05, 0) is 97.8 Å². The highest BCUT2D eigenvalue weighted by atomic mass is 16.5. The second-order valence-corrected chi connectivity index (χ2v) is 8.92. The van der Waals surface area contributed by atoms with E-state index in [9.17, 15) is 14.4 Å². The molecule has 0 amide bonds. The summed E-state index contributed by atoms with van der Waals surface area (Å²) >= 11 is 0. The van der Waals surface area contributed by atoms with E-state index >= 15 is 0 Å². The van der Waals surface area contributed by atoms with Crippen molar-refractivity contribution in [3.8, 4) is 22.9 Å². The number of benzene rings is 3. The number of rotatable bonds is 14. The molecule has 0 radical (unpaired) electrons. The summed E-state index contributed by atoms with van der Waals surface area (Å²) in [7, 11) is 0. The highest BCUT2D eigenvalue weighted by Crippen LogP contribution is 2.20. The van der Waals surface area contributed by atoms with Crippen LogP contribution in [0.2, 0.25) is 0 Å². The molecule has 0 spiro atoms. The normalized spacial score (nSPS) is 10.3. The van der Waals surface area contributed by atoms with Crippen molar-refractivity contribution in [2.24, 2.45) is 0 Å². The van der Waals surface area contributed by atoms with E-state index < -0.39 is 17.9 Å². The lowest BCUT2D eigenvalue weighted by atomic mass is 10.2. The molecule has 0 fully saturated rings. The van der Waals surface area contributed by atoms with E-state index in [1.165, 1.54) is 29.1 Å². The fraction of sp³-hybridized carbons (Fsp3) is 0.121. The summed E-state index contributed by atoms with van der Waals surface area (Å²) in [5.41, 5.74) is 2.51. The van der Waals surface area contributed by atoms with Crippen LogP contribution < -0.4 is 14.2 Å². The number of nitrogens with zero attached hydrogens (tertiary/aromatic N) is 3. The Hall–Kier alpha value is -5.77. The van der Waals surface area contributed by atoms with Gasteiger partial charge in [-0.15, -0.1) is 10.2 Å².